The van der Waals surface area contributed by atoms with Crippen molar-refractivity contribution in [3.8, 4) is 0 Å². The molecule has 0 radical (unpaired) electrons. The van der Waals surface area contributed by atoms with Crippen LogP contribution in [0.1, 0.15) is 24.1 Å². The second-order valence-corrected chi connectivity index (χ2v) is 4.03. The van der Waals surface area contributed by atoms with E-state index in [9.17, 15) is 13.2 Å². The molecule has 6 heteroatoms. The normalized spacial score (nSPS) is 14.0. The van der Waals surface area contributed by atoms with Crippen molar-refractivity contribution >= 4 is 15.9 Å². The lowest BCUT2D eigenvalue weighted by Gasteiger charge is -2.17. The van der Waals surface area contributed by atoms with Gasteiger partial charge in [-0.25, -0.2) is 0 Å². The summed E-state index contributed by atoms with van der Waals surface area (Å²) in [6, 6.07) is 3.45. The van der Waals surface area contributed by atoms with Crippen LogP contribution < -0.4 is 11.3 Å². The molecule has 0 bridgehead atoms. The molecule has 0 aliphatic heterocycles. The van der Waals surface area contributed by atoms with E-state index in [2.05, 4.69) is 21.4 Å². The predicted molar refractivity (Wildman–Crippen MR) is 54.9 cm³/mol. The minimum absolute atomic E-state index is 0.133. The Labute approximate surface area is 93.8 Å². The fourth-order valence-electron chi connectivity index (χ4n) is 1.24. The monoisotopic (exact) mass is 282 g/mol. The number of hydrazine groups is 1. The van der Waals surface area contributed by atoms with E-state index >= 15 is 0 Å². The first-order valence-electron chi connectivity index (χ1n) is 4.19. The zero-order valence-electron chi connectivity index (χ0n) is 7.90. The third-order valence-corrected chi connectivity index (χ3v) is 2.53. The van der Waals surface area contributed by atoms with Crippen molar-refractivity contribution in [2.24, 2.45) is 5.84 Å². The van der Waals surface area contributed by atoms with Crippen LogP contribution in [-0.4, -0.2) is 0 Å². The first-order chi connectivity index (χ1) is 6.86. The fourth-order valence-corrected chi connectivity index (χ4v) is 1.60. The second kappa shape index (κ2) is 4.51. The highest BCUT2D eigenvalue weighted by Crippen LogP contribution is 2.35. The molecule has 1 unspecified atom stereocenters. The van der Waals surface area contributed by atoms with Gasteiger partial charge in [0.15, 0.2) is 0 Å². The molecule has 84 valence electrons. The standard InChI is InChI=1S/C9H10BrF3N2/c1-5(15-14)7-3-2-6(10)4-8(7)9(11,12)13/h2-5,15H,14H2,1H3. The molecule has 0 aliphatic carbocycles. The van der Waals surface area contributed by atoms with E-state index < -0.39 is 17.8 Å². The summed E-state index contributed by atoms with van der Waals surface area (Å²) < 4.78 is 38.3. The highest BCUT2D eigenvalue weighted by atomic mass is 79.9. The Morgan fingerprint density at radius 2 is 2.00 bits per heavy atom. The van der Waals surface area contributed by atoms with Crippen LogP contribution in [-0.2, 0) is 6.18 Å². The first kappa shape index (κ1) is 12.5. The fraction of sp³-hybridized carbons (Fsp3) is 0.333. The lowest BCUT2D eigenvalue weighted by molar-refractivity contribution is -0.138. The SMILES string of the molecule is CC(NN)c1ccc(Br)cc1C(F)(F)F. The Balaban J connectivity index is 3.27. The molecule has 0 amide bonds. The van der Waals surface area contributed by atoms with E-state index in [1.54, 1.807) is 13.0 Å². The molecule has 1 aromatic carbocycles. The zero-order valence-corrected chi connectivity index (χ0v) is 9.48. The van der Waals surface area contributed by atoms with Crippen LogP contribution in [0.25, 0.3) is 0 Å². The van der Waals surface area contributed by atoms with Gasteiger partial charge in [0.2, 0.25) is 0 Å². The van der Waals surface area contributed by atoms with Crippen molar-refractivity contribution in [1.82, 2.24) is 5.43 Å². The molecule has 1 atom stereocenters. The number of hydrogen-bond donors (Lipinski definition) is 2. The second-order valence-electron chi connectivity index (χ2n) is 3.12. The third kappa shape index (κ3) is 2.93. The van der Waals surface area contributed by atoms with Gasteiger partial charge in [0.1, 0.15) is 0 Å². The molecule has 0 heterocycles. The molecule has 2 nitrogen and oxygen atoms in total. The Kier molecular flexibility index (Phi) is 3.75. The smallest absolute Gasteiger partial charge is 0.271 e. The van der Waals surface area contributed by atoms with Crippen molar-refractivity contribution in [1.29, 1.82) is 0 Å². The maximum absolute atomic E-state index is 12.6. The van der Waals surface area contributed by atoms with Crippen LogP contribution in [0.15, 0.2) is 22.7 Å². The molecule has 0 aliphatic rings. The minimum Gasteiger partial charge on any atom is -0.271 e. The van der Waals surface area contributed by atoms with Gasteiger partial charge < -0.3 is 0 Å². The van der Waals surface area contributed by atoms with Gasteiger partial charge in [-0.3, -0.25) is 11.3 Å². The van der Waals surface area contributed by atoms with Crippen LogP contribution in [0.5, 0.6) is 0 Å². The molecular weight excluding hydrogens is 273 g/mol. The molecule has 1 aromatic rings. The Morgan fingerprint density at radius 3 is 2.47 bits per heavy atom. The third-order valence-electron chi connectivity index (χ3n) is 2.04. The van der Waals surface area contributed by atoms with Crippen LogP contribution in [0.3, 0.4) is 0 Å². The predicted octanol–water partition coefficient (Wildman–Crippen LogP) is 2.99. The summed E-state index contributed by atoms with van der Waals surface area (Å²) in [5.74, 6) is 5.13. The van der Waals surface area contributed by atoms with E-state index in [1.165, 1.54) is 6.07 Å². The Hall–Kier alpha value is -0.590. The maximum atomic E-state index is 12.6. The summed E-state index contributed by atoms with van der Waals surface area (Å²) >= 11 is 3.01. The number of rotatable bonds is 2. The maximum Gasteiger partial charge on any atom is 0.416 e. The molecule has 0 fully saturated rings. The van der Waals surface area contributed by atoms with E-state index in [0.29, 0.717) is 4.47 Å². The van der Waals surface area contributed by atoms with Crippen LogP contribution in [0, 0.1) is 0 Å². The number of benzene rings is 1. The van der Waals surface area contributed by atoms with Crippen molar-refractivity contribution < 1.29 is 13.2 Å². The molecule has 3 N–H and O–H groups in total. The molecule has 1 rings (SSSR count). The molecule has 0 aromatic heterocycles. The summed E-state index contributed by atoms with van der Waals surface area (Å²) in [7, 11) is 0. The Bertz CT molecular complexity index is 352. The number of nitrogens with one attached hydrogen (secondary N) is 1. The molecule has 15 heavy (non-hydrogen) atoms. The van der Waals surface area contributed by atoms with Gasteiger partial charge in [-0.05, 0) is 24.6 Å². The summed E-state index contributed by atoms with van der Waals surface area (Å²) in [5.41, 5.74) is 1.75. The highest BCUT2D eigenvalue weighted by Gasteiger charge is 2.34. The zero-order chi connectivity index (χ0) is 11.6. The lowest BCUT2D eigenvalue weighted by atomic mass is 10.0. The molecule has 0 spiro atoms. The summed E-state index contributed by atoms with van der Waals surface area (Å²) in [6.45, 7) is 1.57. The molecular formula is C9H10BrF3N2. The van der Waals surface area contributed by atoms with Crippen molar-refractivity contribution in [3.63, 3.8) is 0 Å². The average Bonchev–Trinajstić information content (AvgIpc) is 2.15. The van der Waals surface area contributed by atoms with E-state index in [1.807, 2.05) is 0 Å². The van der Waals surface area contributed by atoms with E-state index in [4.69, 9.17) is 5.84 Å². The summed E-state index contributed by atoms with van der Waals surface area (Å²) in [5, 5.41) is 0. The number of alkyl halides is 3. The van der Waals surface area contributed by atoms with Crippen LogP contribution >= 0.6 is 15.9 Å². The molecule has 0 saturated heterocycles. The summed E-state index contributed by atoms with van der Waals surface area (Å²) in [6.07, 6.45) is -4.37. The van der Waals surface area contributed by atoms with Crippen LogP contribution in [0.4, 0.5) is 13.2 Å². The minimum atomic E-state index is -4.37. The lowest BCUT2D eigenvalue weighted by Crippen LogP contribution is -2.27. The van der Waals surface area contributed by atoms with Gasteiger partial charge in [-0.1, -0.05) is 22.0 Å². The van der Waals surface area contributed by atoms with Gasteiger partial charge in [0.05, 0.1) is 5.56 Å². The van der Waals surface area contributed by atoms with Gasteiger partial charge >= 0.3 is 6.18 Å². The number of nitrogens with two attached hydrogens (primary N) is 1. The number of halogens is 4. The van der Waals surface area contributed by atoms with E-state index in [-0.39, 0.29) is 5.56 Å². The largest absolute Gasteiger partial charge is 0.416 e. The van der Waals surface area contributed by atoms with Crippen molar-refractivity contribution in [2.45, 2.75) is 19.1 Å². The topological polar surface area (TPSA) is 38.0 Å². The van der Waals surface area contributed by atoms with Crippen molar-refractivity contribution in [2.75, 3.05) is 0 Å². The van der Waals surface area contributed by atoms with Crippen LogP contribution in [0.2, 0.25) is 0 Å². The molecule has 0 saturated carbocycles. The average molecular weight is 283 g/mol. The van der Waals surface area contributed by atoms with Gasteiger partial charge in [-0.15, -0.1) is 0 Å². The van der Waals surface area contributed by atoms with Gasteiger partial charge in [-0.2, -0.15) is 13.2 Å². The van der Waals surface area contributed by atoms with Crippen molar-refractivity contribution in [3.05, 3.63) is 33.8 Å². The number of hydrogen-bond acceptors (Lipinski definition) is 2. The quantitative estimate of drug-likeness (QED) is 0.647. The van der Waals surface area contributed by atoms with Gasteiger partial charge in [0, 0.05) is 10.5 Å². The highest BCUT2D eigenvalue weighted by molar-refractivity contribution is 9.10. The Morgan fingerprint density at radius 1 is 1.40 bits per heavy atom. The van der Waals surface area contributed by atoms with E-state index in [0.717, 1.165) is 6.07 Å². The summed E-state index contributed by atoms with van der Waals surface area (Å²) in [4.78, 5) is 0. The first-order valence-corrected chi connectivity index (χ1v) is 4.98. The van der Waals surface area contributed by atoms with Gasteiger partial charge in [0.25, 0.3) is 0 Å².